The number of nitro groups is 1. The summed E-state index contributed by atoms with van der Waals surface area (Å²) in [7, 11) is 1.61. The van der Waals surface area contributed by atoms with Gasteiger partial charge in [0, 0.05) is 24.7 Å². The monoisotopic (exact) mass is 279 g/mol. The Morgan fingerprint density at radius 3 is 2.70 bits per heavy atom. The number of unbranched alkanes of at least 4 members (excludes halogenated alkanes) is 1. The van der Waals surface area contributed by atoms with E-state index >= 15 is 0 Å². The second-order valence-electron chi connectivity index (χ2n) is 4.76. The van der Waals surface area contributed by atoms with Crippen LogP contribution in [0.1, 0.15) is 43.5 Å². The molecular formula is C14H21N3O3. The van der Waals surface area contributed by atoms with Gasteiger partial charge in [-0.2, -0.15) is 0 Å². The maximum Gasteiger partial charge on any atom is 0.293 e. The molecule has 0 aliphatic rings. The SMILES string of the molecule is CCCCC(C)NC(=O)c1ccc(NC)c([N+](=O)[O-])c1. The summed E-state index contributed by atoms with van der Waals surface area (Å²) >= 11 is 0. The molecule has 0 heterocycles. The molecule has 0 aliphatic carbocycles. The van der Waals surface area contributed by atoms with Crippen LogP contribution in [0.2, 0.25) is 0 Å². The molecule has 6 heteroatoms. The average Bonchev–Trinajstić information content (AvgIpc) is 2.44. The van der Waals surface area contributed by atoms with Gasteiger partial charge in [-0.1, -0.05) is 19.8 Å². The molecule has 0 aliphatic heterocycles. The molecule has 2 N–H and O–H groups in total. The van der Waals surface area contributed by atoms with Crippen molar-refractivity contribution in [3.8, 4) is 0 Å². The Labute approximate surface area is 118 Å². The third-order valence-electron chi connectivity index (χ3n) is 3.09. The Bertz CT molecular complexity index is 489. The topological polar surface area (TPSA) is 84.3 Å². The lowest BCUT2D eigenvalue weighted by Crippen LogP contribution is -2.32. The number of benzene rings is 1. The van der Waals surface area contributed by atoms with E-state index in [4.69, 9.17) is 0 Å². The number of hydrogen-bond donors (Lipinski definition) is 2. The lowest BCUT2D eigenvalue weighted by atomic mass is 10.1. The predicted molar refractivity (Wildman–Crippen MR) is 79.1 cm³/mol. The molecule has 0 aromatic heterocycles. The maximum absolute atomic E-state index is 12.0. The highest BCUT2D eigenvalue weighted by Gasteiger charge is 2.17. The van der Waals surface area contributed by atoms with E-state index in [9.17, 15) is 14.9 Å². The predicted octanol–water partition coefficient (Wildman–Crippen LogP) is 2.95. The number of carbonyl (C=O) groups excluding carboxylic acids is 1. The van der Waals surface area contributed by atoms with Crippen LogP contribution in [-0.2, 0) is 0 Å². The summed E-state index contributed by atoms with van der Waals surface area (Å²) in [5.41, 5.74) is 0.603. The zero-order chi connectivity index (χ0) is 15.1. The Kier molecular flexibility index (Phi) is 5.96. The van der Waals surface area contributed by atoms with Crippen LogP contribution in [0.15, 0.2) is 18.2 Å². The van der Waals surface area contributed by atoms with Gasteiger partial charge < -0.3 is 10.6 Å². The van der Waals surface area contributed by atoms with Gasteiger partial charge in [0.2, 0.25) is 0 Å². The molecule has 110 valence electrons. The molecule has 20 heavy (non-hydrogen) atoms. The van der Waals surface area contributed by atoms with Crippen LogP contribution in [-0.4, -0.2) is 23.9 Å². The summed E-state index contributed by atoms with van der Waals surface area (Å²) in [5.74, 6) is -0.278. The molecule has 0 bridgehead atoms. The van der Waals surface area contributed by atoms with Crippen LogP contribution >= 0.6 is 0 Å². The highest BCUT2D eigenvalue weighted by molar-refractivity contribution is 5.95. The molecule has 1 unspecified atom stereocenters. The molecule has 0 radical (unpaired) electrons. The number of nitro benzene ring substituents is 1. The molecule has 0 fully saturated rings. The first-order valence-corrected chi connectivity index (χ1v) is 6.76. The van der Waals surface area contributed by atoms with Crippen LogP contribution in [0.25, 0.3) is 0 Å². The van der Waals surface area contributed by atoms with E-state index in [-0.39, 0.29) is 17.6 Å². The number of amides is 1. The first-order chi connectivity index (χ1) is 9.49. The summed E-state index contributed by atoms with van der Waals surface area (Å²) in [4.78, 5) is 22.5. The molecule has 1 rings (SSSR count). The fourth-order valence-electron chi connectivity index (χ4n) is 1.92. The molecule has 1 aromatic rings. The highest BCUT2D eigenvalue weighted by Crippen LogP contribution is 2.25. The van der Waals surface area contributed by atoms with Gasteiger partial charge in [0.05, 0.1) is 4.92 Å². The average molecular weight is 279 g/mol. The van der Waals surface area contributed by atoms with Gasteiger partial charge in [-0.3, -0.25) is 14.9 Å². The summed E-state index contributed by atoms with van der Waals surface area (Å²) in [5, 5.41) is 16.5. The van der Waals surface area contributed by atoms with E-state index in [1.54, 1.807) is 19.2 Å². The van der Waals surface area contributed by atoms with Crippen LogP contribution in [0, 0.1) is 10.1 Å². The highest BCUT2D eigenvalue weighted by atomic mass is 16.6. The van der Waals surface area contributed by atoms with Crippen LogP contribution in [0.3, 0.4) is 0 Å². The van der Waals surface area contributed by atoms with Crippen LogP contribution in [0.5, 0.6) is 0 Å². The fraction of sp³-hybridized carbons (Fsp3) is 0.500. The molecule has 6 nitrogen and oxygen atoms in total. The van der Waals surface area contributed by atoms with Crippen LogP contribution in [0.4, 0.5) is 11.4 Å². The van der Waals surface area contributed by atoms with Crippen molar-refractivity contribution in [3.63, 3.8) is 0 Å². The minimum absolute atomic E-state index is 0.0606. The smallest absolute Gasteiger partial charge is 0.293 e. The molecule has 0 saturated carbocycles. The van der Waals surface area contributed by atoms with Crippen molar-refractivity contribution < 1.29 is 9.72 Å². The van der Waals surface area contributed by atoms with E-state index in [0.29, 0.717) is 11.3 Å². The van der Waals surface area contributed by atoms with Crippen molar-refractivity contribution >= 4 is 17.3 Å². The summed E-state index contributed by atoms with van der Waals surface area (Å²) in [6, 6.07) is 4.49. The first-order valence-electron chi connectivity index (χ1n) is 6.76. The molecular weight excluding hydrogens is 258 g/mol. The second-order valence-corrected chi connectivity index (χ2v) is 4.76. The molecule has 0 saturated heterocycles. The Morgan fingerprint density at radius 1 is 1.45 bits per heavy atom. The molecule has 0 spiro atoms. The largest absolute Gasteiger partial charge is 0.383 e. The van der Waals surface area contributed by atoms with Gasteiger partial charge in [0.25, 0.3) is 11.6 Å². The van der Waals surface area contributed by atoms with Gasteiger partial charge in [-0.25, -0.2) is 0 Å². The van der Waals surface area contributed by atoms with E-state index in [1.807, 2.05) is 6.92 Å². The van der Waals surface area contributed by atoms with E-state index in [2.05, 4.69) is 17.6 Å². The number of carbonyl (C=O) groups is 1. The van der Waals surface area contributed by atoms with Gasteiger partial charge >= 0.3 is 0 Å². The summed E-state index contributed by atoms with van der Waals surface area (Å²) in [6.45, 7) is 4.03. The van der Waals surface area contributed by atoms with E-state index < -0.39 is 4.92 Å². The molecule has 1 aromatic carbocycles. The van der Waals surface area contributed by atoms with Crippen molar-refractivity contribution in [3.05, 3.63) is 33.9 Å². The third kappa shape index (κ3) is 4.22. The maximum atomic E-state index is 12.0. The van der Waals surface area contributed by atoms with Crippen molar-refractivity contribution in [2.45, 2.75) is 39.2 Å². The Hall–Kier alpha value is -2.11. The second kappa shape index (κ2) is 7.47. The number of rotatable bonds is 7. The van der Waals surface area contributed by atoms with Crippen molar-refractivity contribution in [1.29, 1.82) is 0 Å². The number of nitrogens with one attached hydrogen (secondary N) is 2. The number of anilines is 1. The molecule has 1 amide bonds. The van der Waals surface area contributed by atoms with Gasteiger partial charge in [-0.15, -0.1) is 0 Å². The zero-order valence-electron chi connectivity index (χ0n) is 12.1. The summed E-state index contributed by atoms with van der Waals surface area (Å²) in [6.07, 6.45) is 3.02. The fourth-order valence-corrected chi connectivity index (χ4v) is 1.92. The van der Waals surface area contributed by atoms with E-state index in [1.165, 1.54) is 6.07 Å². The number of hydrogen-bond acceptors (Lipinski definition) is 4. The van der Waals surface area contributed by atoms with Gasteiger partial charge in [0.1, 0.15) is 5.69 Å². The quantitative estimate of drug-likeness (QED) is 0.593. The zero-order valence-corrected chi connectivity index (χ0v) is 12.1. The lowest BCUT2D eigenvalue weighted by molar-refractivity contribution is -0.384. The van der Waals surface area contributed by atoms with Crippen molar-refractivity contribution in [1.82, 2.24) is 5.32 Å². The first kappa shape index (κ1) is 15.9. The van der Waals surface area contributed by atoms with Crippen molar-refractivity contribution in [2.75, 3.05) is 12.4 Å². The van der Waals surface area contributed by atoms with E-state index in [0.717, 1.165) is 19.3 Å². The van der Waals surface area contributed by atoms with Crippen molar-refractivity contribution in [2.24, 2.45) is 0 Å². The lowest BCUT2D eigenvalue weighted by Gasteiger charge is -2.13. The standard InChI is InChI=1S/C14H21N3O3/c1-4-5-6-10(2)16-14(18)11-7-8-12(15-3)13(9-11)17(19)20/h7-10,15H,4-6H2,1-3H3,(H,16,18). The minimum Gasteiger partial charge on any atom is -0.383 e. The third-order valence-corrected chi connectivity index (χ3v) is 3.09. The minimum atomic E-state index is -0.497. The van der Waals surface area contributed by atoms with Crippen LogP contribution < -0.4 is 10.6 Å². The Morgan fingerprint density at radius 2 is 2.15 bits per heavy atom. The molecule has 1 atom stereocenters. The van der Waals surface area contributed by atoms with Gasteiger partial charge in [-0.05, 0) is 25.5 Å². The number of nitrogens with zero attached hydrogens (tertiary/aromatic N) is 1. The van der Waals surface area contributed by atoms with Gasteiger partial charge in [0.15, 0.2) is 0 Å². The Balaban J connectivity index is 2.83. The normalized spacial score (nSPS) is 11.8. The summed E-state index contributed by atoms with van der Waals surface area (Å²) < 4.78 is 0.